The minimum absolute atomic E-state index is 0.0523. The lowest BCUT2D eigenvalue weighted by Crippen LogP contribution is -2.52. The zero-order chi connectivity index (χ0) is 19.8. The van der Waals surface area contributed by atoms with E-state index in [9.17, 15) is 19.4 Å². The van der Waals surface area contributed by atoms with E-state index in [1.807, 2.05) is 0 Å². The van der Waals surface area contributed by atoms with E-state index in [1.54, 1.807) is 17.5 Å². The normalized spacial score (nSPS) is 20.6. The van der Waals surface area contributed by atoms with E-state index >= 15 is 0 Å². The summed E-state index contributed by atoms with van der Waals surface area (Å²) in [4.78, 5) is 38.9. The average Bonchev–Trinajstić information content (AvgIpc) is 3.05. The molecule has 0 unspecified atom stereocenters. The van der Waals surface area contributed by atoms with Crippen LogP contribution in [0.1, 0.15) is 11.3 Å². The first-order valence-electron chi connectivity index (χ1n) is 7.76. The molecule has 0 saturated carbocycles. The minimum atomic E-state index is -1.50. The Labute approximate surface area is 157 Å². The van der Waals surface area contributed by atoms with Crippen LogP contribution in [0.4, 0.5) is 0 Å². The number of aliphatic carboxylic acids is 2. The molecule has 2 atom stereocenters. The summed E-state index contributed by atoms with van der Waals surface area (Å²) >= 11 is 1.18. The summed E-state index contributed by atoms with van der Waals surface area (Å²) in [6.45, 7) is -0.892. The second kappa shape index (κ2) is 10.0. The highest BCUT2D eigenvalue weighted by atomic mass is 32.1. The highest BCUT2D eigenvalue weighted by molar-refractivity contribution is 7.13. The van der Waals surface area contributed by atoms with E-state index in [-0.39, 0.29) is 25.3 Å². The molecule has 1 amide bonds. The number of carbonyl (C=O) groups is 3. The molecule has 146 valence electrons. The summed E-state index contributed by atoms with van der Waals surface area (Å²) in [5.41, 5.74) is -0.176. The van der Waals surface area contributed by atoms with Crippen molar-refractivity contribution >= 4 is 42.0 Å². The van der Waals surface area contributed by atoms with Crippen LogP contribution in [0.3, 0.4) is 0 Å². The third-order valence-electron chi connectivity index (χ3n) is 3.31. The molecule has 2 heterocycles. The number of ether oxygens (including phenoxy) is 1. The fourth-order valence-electron chi connectivity index (χ4n) is 2.16. The van der Waals surface area contributed by atoms with E-state index in [2.05, 4.69) is 15.3 Å². The Balaban J connectivity index is 2.05. The Hall–Kier alpha value is -2.48. The number of carbonyl (C=O) groups excluding carboxylic acids is 1. The van der Waals surface area contributed by atoms with E-state index in [0.29, 0.717) is 4.88 Å². The molecule has 13 heteroatoms. The van der Waals surface area contributed by atoms with Crippen molar-refractivity contribution in [1.82, 2.24) is 5.32 Å². The molecular weight excluding hydrogens is 383 g/mol. The van der Waals surface area contributed by atoms with Gasteiger partial charge in [-0.2, -0.15) is 0 Å². The maximum Gasteiger partial charge on any atom is 0.480 e. The first kappa shape index (κ1) is 20.8. The zero-order valence-electron chi connectivity index (χ0n) is 13.9. The topological polar surface area (TPSA) is 164 Å². The minimum Gasteiger partial charge on any atom is -0.481 e. The van der Waals surface area contributed by atoms with Crippen molar-refractivity contribution in [2.45, 2.75) is 18.5 Å². The van der Waals surface area contributed by atoms with Gasteiger partial charge in [0.25, 0.3) is 5.91 Å². The summed E-state index contributed by atoms with van der Waals surface area (Å²) in [6, 6.07) is 3.26. The van der Waals surface area contributed by atoms with Crippen LogP contribution in [-0.4, -0.2) is 77.8 Å². The number of amides is 1. The molecule has 0 aromatic carbocycles. The first-order valence-corrected chi connectivity index (χ1v) is 8.64. The molecule has 4 N–H and O–H groups in total. The fraction of sp³-hybridized carbons (Fsp3) is 0.429. The molecular formula is C14H17BN2O9S. The Morgan fingerprint density at radius 1 is 1.33 bits per heavy atom. The summed E-state index contributed by atoms with van der Waals surface area (Å²) < 4.78 is 10.5. The maximum atomic E-state index is 12.5. The van der Waals surface area contributed by atoms with E-state index < -0.39 is 43.6 Å². The van der Waals surface area contributed by atoms with Crippen molar-refractivity contribution in [2.24, 2.45) is 5.16 Å². The molecule has 27 heavy (non-hydrogen) atoms. The number of nitrogens with zero attached hydrogens (tertiary/aromatic N) is 1. The Kier molecular flexibility index (Phi) is 7.73. The summed E-state index contributed by atoms with van der Waals surface area (Å²) in [6.07, 6.45) is -1.22. The van der Waals surface area contributed by atoms with Crippen molar-refractivity contribution in [3.63, 3.8) is 0 Å². The van der Waals surface area contributed by atoms with Crippen LogP contribution >= 0.6 is 11.3 Å². The van der Waals surface area contributed by atoms with Gasteiger partial charge in [-0.1, -0.05) is 11.2 Å². The van der Waals surface area contributed by atoms with Crippen molar-refractivity contribution < 1.29 is 43.8 Å². The molecule has 0 aliphatic carbocycles. The van der Waals surface area contributed by atoms with Gasteiger partial charge in [-0.05, 0) is 11.4 Å². The lowest BCUT2D eigenvalue weighted by atomic mass is 9.79. The third kappa shape index (κ3) is 6.64. The van der Waals surface area contributed by atoms with E-state index in [0.717, 1.165) is 0 Å². The highest BCUT2D eigenvalue weighted by Gasteiger charge is 2.36. The standard InChI is InChI=1S/C14H17BN2O9S/c18-11(19)4-8-5-24-6-10(15(23)26-8)16-14(22)13(9-2-1-3-27-9)17-25-7-12(20)21/h1-3,8,10,23H,4-7H2,(H,16,22)(H,18,19)(H,20,21)/t8-,10-/m0/s1. The predicted octanol–water partition coefficient (Wildman–Crippen LogP) is -1.05. The van der Waals surface area contributed by atoms with Gasteiger partial charge in [-0.3, -0.25) is 9.59 Å². The molecule has 11 nitrogen and oxygen atoms in total. The van der Waals surface area contributed by atoms with Gasteiger partial charge in [0.05, 0.1) is 36.6 Å². The maximum absolute atomic E-state index is 12.5. The van der Waals surface area contributed by atoms with E-state index in [1.165, 1.54) is 11.3 Å². The molecule has 1 aliphatic rings. The zero-order valence-corrected chi connectivity index (χ0v) is 14.8. The number of carboxylic acid groups (broad SMARTS) is 2. The molecule has 0 bridgehead atoms. The molecule has 1 aliphatic heterocycles. The second-order valence-electron chi connectivity index (χ2n) is 5.45. The fourth-order valence-corrected chi connectivity index (χ4v) is 2.86. The molecule has 1 aromatic heterocycles. The van der Waals surface area contributed by atoms with Gasteiger partial charge in [0, 0.05) is 0 Å². The lowest BCUT2D eigenvalue weighted by molar-refractivity contribution is -0.142. The molecule has 0 radical (unpaired) electrons. The lowest BCUT2D eigenvalue weighted by Gasteiger charge is -2.19. The van der Waals surface area contributed by atoms with Crippen LogP contribution < -0.4 is 5.32 Å². The van der Waals surface area contributed by atoms with Crippen LogP contribution in [0.25, 0.3) is 0 Å². The number of oxime groups is 1. The SMILES string of the molecule is O=C(O)CON=C(C(=O)N[C@H]1COC[C@H](CC(=O)O)OB1O)c1cccs1. The number of carboxylic acids is 2. The Bertz CT molecular complexity index is 697. The Morgan fingerprint density at radius 3 is 2.74 bits per heavy atom. The molecule has 0 spiro atoms. The van der Waals surface area contributed by atoms with Crippen LogP contribution in [0.5, 0.6) is 0 Å². The van der Waals surface area contributed by atoms with Crippen molar-refractivity contribution in [3.05, 3.63) is 22.4 Å². The van der Waals surface area contributed by atoms with Crippen LogP contribution in [0.15, 0.2) is 22.7 Å². The van der Waals surface area contributed by atoms with Crippen molar-refractivity contribution in [2.75, 3.05) is 19.8 Å². The van der Waals surface area contributed by atoms with Gasteiger partial charge >= 0.3 is 19.1 Å². The van der Waals surface area contributed by atoms with Crippen molar-refractivity contribution in [3.8, 4) is 0 Å². The first-order chi connectivity index (χ1) is 12.9. The predicted molar refractivity (Wildman–Crippen MR) is 92.3 cm³/mol. The molecule has 2 rings (SSSR count). The molecule has 1 aromatic rings. The second-order valence-corrected chi connectivity index (χ2v) is 6.40. The Morgan fingerprint density at radius 2 is 2.11 bits per heavy atom. The number of thiophene rings is 1. The number of rotatable bonds is 8. The monoisotopic (exact) mass is 400 g/mol. The number of nitrogens with one attached hydrogen (secondary N) is 1. The highest BCUT2D eigenvalue weighted by Crippen LogP contribution is 2.13. The molecule has 1 fully saturated rings. The van der Waals surface area contributed by atoms with Crippen molar-refractivity contribution in [1.29, 1.82) is 0 Å². The average molecular weight is 400 g/mol. The van der Waals surface area contributed by atoms with Gasteiger partial charge in [-0.15, -0.1) is 11.3 Å². The van der Waals surface area contributed by atoms with Gasteiger partial charge in [0.1, 0.15) is 0 Å². The smallest absolute Gasteiger partial charge is 0.480 e. The molecule has 1 saturated heterocycles. The quantitative estimate of drug-likeness (QED) is 0.242. The van der Waals surface area contributed by atoms with Crippen LogP contribution in [0, 0.1) is 0 Å². The van der Waals surface area contributed by atoms with Crippen LogP contribution in [-0.2, 0) is 28.6 Å². The van der Waals surface area contributed by atoms with Gasteiger partial charge < -0.3 is 34.8 Å². The van der Waals surface area contributed by atoms with Gasteiger partial charge in [0.2, 0.25) is 6.61 Å². The summed E-state index contributed by atoms with van der Waals surface area (Å²) in [5.74, 6) is -4.09. The summed E-state index contributed by atoms with van der Waals surface area (Å²) in [5, 5.41) is 35.2. The third-order valence-corrected chi connectivity index (χ3v) is 4.19. The van der Waals surface area contributed by atoms with Crippen LogP contribution in [0.2, 0.25) is 0 Å². The summed E-state index contributed by atoms with van der Waals surface area (Å²) in [7, 11) is -1.50. The largest absolute Gasteiger partial charge is 0.481 e. The van der Waals surface area contributed by atoms with E-state index in [4.69, 9.17) is 19.6 Å². The van der Waals surface area contributed by atoms with Gasteiger partial charge in [0.15, 0.2) is 5.71 Å². The van der Waals surface area contributed by atoms with Gasteiger partial charge in [-0.25, -0.2) is 4.79 Å². The number of hydrogen-bond acceptors (Lipinski definition) is 9. The number of hydrogen-bond donors (Lipinski definition) is 4.